The van der Waals surface area contributed by atoms with Crippen LogP contribution in [0.4, 0.5) is 5.69 Å². The van der Waals surface area contributed by atoms with E-state index in [0.717, 1.165) is 25.2 Å². The maximum atomic E-state index is 6.34. The molecule has 2 heteroatoms. The van der Waals surface area contributed by atoms with Gasteiger partial charge in [-0.25, -0.2) is 0 Å². The zero-order valence-corrected chi connectivity index (χ0v) is 11.1. The summed E-state index contributed by atoms with van der Waals surface area (Å²) >= 11 is 0. The first-order valence-electron chi connectivity index (χ1n) is 6.70. The molecule has 0 saturated heterocycles. The molecular formula is C16H20N2. The molecule has 1 aliphatic heterocycles. The molecule has 1 aliphatic rings. The fourth-order valence-corrected chi connectivity index (χ4v) is 2.91. The van der Waals surface area contributed by atoms with Crippen LogP contribution in [0.3, 0.4) is 0 Å². The lowest BCUT2D eigenvalue weighted by molar-refractivity contribution is 0.204. The van der Waals surface area contributed by atoms with Crippen molar-refractivity contribution >= 4 is 16.5 Å². The molecule has 2 N–H and O–H groups in total. The zero-order chi connectivity index (χ0) is 12.7. The Kier molecular flexibility index (Phi) is 2.75. The zero-order valence-electron chi connectivity index (χ0n) is 11.1. The Morgan fingerprint density at radius 2 is 2.00 bits per heavy atom. The predicted octanol–water partition coefficient (Wildman–Crippen LogP) is 3.19. The van der Waals surface area contributed by atoms with Crippen molar-refractivity contribution in [1.29, 1.82) is 0 Å². The summed E-state index contributed by atoms with van der Waals surface area (Å²) < 4.78 is 0. The summed E-state index contributed by atoms with van der Waals surface area (Å²) in [5.74, 6) is 0. The lowest BCUT2D eigenvalue weighted by Gasteiger charge is -2.33. The molecule has 0 atom stereocenters. The molecule has 0 unspecified atom stereocenters. The van der Waals surface area contributed by atoms with Crippen molar-refractivity contribution in [2.24, 2.45) is 0 Å². The predicted molar refractivity (Wildman–Crippen MR) is 77.6 cm³/mol. The highest BCUT2D eigenvalue weighted by atomic mass is 15.1. The third-order valence-electron chi connectivity index (χ3n) is 4.05. The topological polar surface area (TPSA) is 29.3 Å². The summed E-state index contributed by atoms with van der Waals surface area (Å²) in [7, 11) is 0. The largest absolute Gasteiger partial charge is 0.398 e. The van der Waals surface area contributed by atoms with E-state index in [1.165, 1.54) is 21.9 Å². The number of nitrogens with zero attached hydrogens (tertiary/aromatic N) is 1. The van der Waals surface area contributed by atoms with Crippen LogP contribution in [0.25, 0.3) is 10.8 Å². The van der Waals surface area contributed by atoms with Crippen molar-refractivity contribution in [3.05, 3.63) is 41.5 Å². The van der Waals surface area contributed by atoms with Gasteiger partial charge in [0.2, 0.25) is 0 Å². The molecule has 2 aromatic carbocycles. The van der Waals surface area contributed by atoms with Crippen molar-refractivity contribution in [2.45, 2.75) is 32.9 Å². The van der Waals surface area contributed by atoms with E-state index in [4.69, 9.17) is 5.73 Å². The van der Waals surface area contributed by atoms with Crippen LogP contribution >= 0.6 is 0 Å². The van der Waals surface area contributed by atoms with E-state index in [0.29, 0.717) is 6.04 Å². The van der Waals surface area contributed by atoms with E-state index < -0.39 is 0 Å². The molecule has 0 fully saturated rings. The van der Waals surface area contributed by atoms with Crippen LogP contribution in [0.1, 0.15) is 25.0 Å². The van der Waals surface area contributed by atoms with Gasteiger partial charge in [-0.15, -0.1) is 0 Å². The van der Waals surface area contributed by atoms with Gasteiger partial charge in [0.15, 0.2) is 0 Å². The molecule has 94 valence electrons. The summed E-state index contributed by atoms with van der Waals surface area (Å²) in [4.78, 5) is 2.51. The van der Waals surface area contributed by atoms with Gasteiger partial charge in [-0.3, -0.25) is 4.90 Å². The van der Waals surface area contributed by atoms with E-state index in [1.54, 1.807) is 0 Å². The Morgan fingerprint density at radius 3 is 2.78 bits per heavy atom. The van der Waals surface area contributed by atoms with E-state index >= 15 is 0 Å². The minimum atomic E-state index is 0.603. The average Bonchev–Trinajstić information content (AvgIpc) is 2.38. The van der Waals surface area contributed by atoms with Crippen LogP contribution in [0.5, 0.6) is 0 Å². The van der Waals surface area contributed by atoms with Crippen LogP contribution in [-0.2, 0) is 13.0 Å². The van der Waals surface area contributed by atoms with Crippen molar-refractivity contribution < 1.29 is 0 Å². The minimum absolute atomic E-state index is 0.603. The van der Waals surface area contributed by atoms with E-state index in [2.05, 4.69) is 49.1 Å². The number of anilines is 1. The van der Waals surface area contributed by atoms with Crippen LogP contribution in [0.2, 0.25) is 0 Å². The maximum absolute atomic E-state index is 6.34. The third kappa shape index (κ3) is 1.77. The van der Waals surface area contributed by atoms with Gasteiger partial charge in [0.25, 0.3) is 0 Å². The first-order chi connectivity index (χ1) is 8.66. The highest BCUT2D eigenvalue weighted by Gasteiger charge is 2.21. The van der Waals surface area contributed by atoms with E-state index in [9.17, 15) is 0 Å². The van der Waals surface area contributed by atoms with Gasteiger partial charge in [-0.2, -0.15) is 0 Å². The van der Waals surface area contributed by atoms with Crippen LogP contribution in [0, 0.1) is 0 Å². The fraction of sp³-hybridized carbons (Fsp3) is 0.375. The summed E-state index contributed by atoms with van der Waals surface area (Å²) in [6, 6.07) is 11.3. The number of nitrogens with two attached hydrogens (primary N) is 1. The average molecular weight is 240 g/mol. The van der Waals surface area contributed by atoms with Crippen molar-refractivity contribution in [1.82, 2.24) is 4.90 Å². The number of fused-ring (bicyclic) bond motifs is 2. The summed E-state index contributed by atoms with van der Waals surface area (Å²) in [6.07, 6.45) is 1.07. The standard InChI is InChI=1S/C16H20N2/c1-11(2)18-8-7-15-13(10-18)9-12-5-3-4-6-14(12)16(15)17/h3-6,9,11H,7-8,10,17H2,1-2H3. The van der Waals surface area contributed by atoms with Gasteiger partial charge in [-0.1, -0.05) is 24.3 Å². The monoisotopic (exact) mass is 240 g/mol. The van der Waals surface area contributed by atoms with Crippen LogP contribution < -0.4 is 5.73 Å². The highest BCUT2D eigenvalue weighted by Crippen LogP contribution is 2.32. The second kappa shape index (κ2) is 4.29. The minimum Gasteiger partial charge on any atom is -0.398 e. The molecule has 2 nitrogen and oxygen atoms in total. The molecule has 18 heavy (non-hydrogen) atoms. The Morgan fingerprint density at radius 1 is 1.22 bits per heavy atom. The number of rotatable bonds is 1. The normalized spacial score (nSPS) is 16.2. The Balaban J connectivity index is 2.13. The SMILES string of the molecule is CC(C)N1CCc2c(cc3ccccc3c2N)C1. The molecule has 0 bridgehead atoms. The smallest absolute Gasteiger partial charge is 0.0430 e. The summed E-state index contributed by atoms with van der Waals surface area (Å²) in [6.45, 7) is 6.67. The van der Waals surface area contributed by atoms with Gasteiger partial charge in [0.1, 0.15) is 0 Å². The summed E-state index contributed by atoms with van der Waals surface area (Å²) in [5.41, 5.74) is 10.1. The quantitative estimate of drug-likeness (QED) is 0.776. The summed E-state index contributed by atoms with van der Waals surface area (Å²) in [5, 5.41) is 2.47. The second-order valence-electron chi connectivity index (χ2n) is 5.46. The first-order valence-corrected chi connectivity index (χ1v) is 6.70. The fourth-order valence-electron chi connectivity index (χ4n) is 2.91. The van der Waals surface area contributed by atoms with Gasteiger partial charge >= 0.3 is 0 Å². The van der Waals surface area contributed by atoms with Crippen molar-refractivity contribution in [3.63, 3.8) is 0 Å². The Labute approximate surface area is 108 Å². The first kappa shape index (κ1) is 11.5. The van der Waals surface area contributed by atoms with Gasteiger partial charge < -0.3 is 5.73 Å². The number of nitrogen functional groups attached to an aromatic ring is 1. The van der Waals surface area contributed by atoms with Crippen molar-refractivity contribution in [3.8, 4) is 0 Å². The molecule has 0 radical (unpaired) electrons. The molecule has 3 rings (SSSR count). The van der Waals surface area contributed by atoms with E-state index in [1.807, 2.05) is 0 Å². The molecule has 0 aliphatic carbocycles. The maximum Gasteiger partial charge on any atom is 0.0430 e. The lowest BCUT2D eigenvalue weighted by atomic mass is 9.93. The van der Waals surface area contributed by atoms with Gasteiger partial charge in [-0.05, 0) is 42.8 Å². The van der Waals surface area contributed by atoms with Gasteiger partial charge in [0.05, 0.1) is 0 Å². The van der Waals surface area contributed by atoms with E-state index in [-0.39, 0.29) is 0 Å². The molecule has 0 amide bonds. The highest BCUT2D eigenvalue weighted by molar-refractivity contribution is 5.95. The Bertz CT molecular complexity index is 587. The van der Waals surface area contributed by atoms with Gasteiger partial charge in [0, 0.05) is 30.2 Å². The van der Waals surface area contributed by atoms with Crippen LogP contribution in [0.15, 0.2) is 30.3 Å². The molecule has 2 aromatic rings. The third-order valence-corrected chi connectivity index (χ3v) is 4.05. The second-order valence-corrected chi connectivity index (χ2v) is 5.46. The number of hydrogen-bond acceptors (Lipinski definition) is 2. The molecule has 1 heterocycles. The molecule has 0 aromatic heterocycles. The Hall–Kier alpha value is -1.54. The molecular weight excluding hydrogens is 220 g/mol. The lowest BCUT2D eigenvalue weighted by Crippen LogP contribution is -2.36. The van der Waals surface area contributed by atoms with Crippen LogP contribution in [-0.4, -0.2) is 17.5 Å². The number of hydrogen-bond donors (Lipinski definition) is 1. The molecule has 0 saturated carbocycles. The van der Waals surface area contributed by atoms with Crippen molar-refractivity contribution in [2.75, 3.05) is 12.3 Å². The number of benzene rings is 2. The molecule has 0 spiro atoms.